The minimum Gasteiger partial charge on any atom is -0.491 e. The zero-order valence-corrected chi connectivity index (χ0v) is 22.7. The lowest BCUT2D eigenvalue weighted by atomic mass is 10.0. The van der Waals surface area contributed by atoms with Gasteiger partial charge in [-0.05, 0) is 49.1 Å². The van der Waals surface area contributed by atoms with Crippen LogP contribution in [-0.4, -0.2) is 28.9 Å². The first-order chi connectivity index (χ1) is 17.6. The fraction of sp³-hybridized carbons (Fsp3) is 0.677. The van der Waals surface area contributed by atoms with E-state index in [-0.39, 0.29) is 13.0 Å². The molecule has 1 aromatic heterocycles. The van der Waals surface area contributed by atoms with Gasteiger partial charge in [0.15, 0.2) is 5.82 Å². The molecule has 2 atom stereocenters. The predicted octanol–water partition coefficient (Wildman–Crippen LogP) is 9.63. The number of aryl methyl sites for hydroxylation is 1. The summed E-state index contributed by atoms with van der Waals surface area (Å²) in [5.74, 6) is 1.24. The van der Waals surface area contributed by atoms with E-state index in [1.54, 1.807) is 12.1 Å². The van der Waals surface area contributed by atoms with Crippen molar-refractivity contribution in [1.82, 2.24) is 9.97 Å². The molecule has 1 aromatic carbocycles. The number of hydrogen-bond acceptors (Lipinski definition) is 3. The van der Waals surface area contributed by atoms with Crippen molar-refractivity contribution in [2.75, 3.05) is 6.61 Å². The number of aromatic nitrogens is 2. The lowest BCUT2D eigenvalue weighted by Gasteiger charge is -2.13. The van der Waals surface area contributed by atoms with Gasteiger partial charge in [-0.3, -0.25) is 0 Å². The van der Waals surface area contributed by atoms with Crippen LogP contribution in [0.1, 0.15) is 116 Å². The normalized spacial score (nSPS) is 13.0. The van der Waals surface area contributed by atoms with Gasteiger partial charge in [-0.25, -0.2) is 18.7 Å². The van der Waals surface area contributed by atoms with Gasteiger partial charge in [0.1, 0.15) is 24.7 Å². The molecule has 0 radical (unpaired) electrons. The molecule has 2 unspecified atom stereocenters. The van der Waals surface area contributed by atoms with Crippen LogP contribution in [0.25, 0.3) is 11.4 Å². The summed E-state index contributed by atoms with van der Waals surface area (Å²) in [6, 6.07) is 7.33. The van der Waals surface area contributed by atoms with Gasteiger partial charge >= 0.3 is 0 Å². The molecule has 0 aliphatic heterocycles. The summed E-state index contributed by atoms with van der Waals surface area (Å²) >= 11 is 0. The third-order valence-electron chi connectivity index (χ3n) is 6.70. The summed E-state index contributed by atoms with van der Waals surface area (Å²) in [4.78, 5) is 9.05. The van der Waals surface area contributed by atoms with E-state index < -0.39 is 12.3 Å². The molecule has 0 N–H and O–H groups in total. The van der Waals surface area contributed by atoms with Gasteiger partial charge in [-0.1, -0.05) is 90.9 Å². The molecule has 0 aliphatic rings. The molecular formula is C31H48F2N2O. The maximum absolute atomic E-state index is 14.1. The highest BCUT2D eigenvalue weighted by atomic mass is 19.1. The van der Waals surface area contributed by atoms with E-state index in [1.807, 2.05) is 24.5 Å². The van der Waals surface area contributed by atoms with Crippen molar-refractivity contribution in [3.8, 4) is 17.1 Å². The molecule has 2 aromatic rings. The number of alkyl halides is 2. The highest BCUT2D eigenvalue weighted by Crippen LogP contribution is 2.21. The van der Waals surface area contributed by atoms with E-state index in [4.69, 9.17) is 4.74 Å². The van der Waals surface area contributed by atoms with Crippen LogP contribution in [0.2, 0.25) is 0 Å². The van der Waals surface area contributed by atoms with Crippen molar-refractivity contribution in [2.45, 2.75) is 129 Å². The second kappa shape index (κ2) is 19.1. The SMILES string of the molecule is CCCCCCCCCCCCc1cnc(-c2ccc(OCC(F)CC(F)CCCCC)cc2)nc1. The van der Waals surface area contributed by atoms with Crippen molar-refractivity contribution in [1.29, 1.82) is 0 Å². The predicted molar refractivity (Wildman–Crippen MR) is 147 cm³/mol. The van der Waals surface area contributed by atoms with Crippen molar-refractivity contribution in [2.24, 2.45) is 0 Å². The number of ether oxygens (including phenoxy) is 1. The summed E-state index contributed by atoms with van der Waals surface area (Å²) in [5, 5.41) is 0. The van der Waals surface area contributed by atoms with Crippen molar-refractivity contribution >= 4 is 0 Å². The minimum atomic E-state index is -1.30. The van der Waals surface area contributed by atoms with E-state index in [0.29, 0.717) is 18.0 Å². The number of rotatable bonds is 21. The van der Waals surface area contributed by atoms with E-state index in [0.717, 1.165) is 31.2 Å². The first kappa shape index (κ1) is 30.2. The molecule has 2 rings (SSSR count). The van der Waals surface area contributed by atoms with Gasteiger partial charge in [0.05, 0.1) is 0 Å². The van der Waals surface area contributed by atoms with Crippen LogP contribution in [0.15, 0.2) is 36.7 Å². The standard InChI is InChI=1S/C31H48F2N2O/c1-3-5-7-8-9-10-11-12-13-15-16-26-23-34-31(35-24-26)27-18-20-30(21-19-27)36-25-29(33)22-28(32)17-14-6-4-2/h18-21,23-24,28-29H,3-17,22,25H2,1-2H3. The maximum Gasteiger partial charge on any atom is 0.159 e. The molecule has 0 bridgehead atoms. The molecule has 0 saturated heterocycles. The summed E-state index contributed by atoms with van der Waals surface area (Å²) in [6.45, 7) is 4.21. The Morgan fingerprint density at radius 3 is 1.86 bits per heavy atom. The molecule has 0 fully saturated rings. The fourth-order valence-corrected chi connectivity index (χ4v) is 4.42. The lowest BCUT2D eigenvalue weighted by molar-refractivity contribution is 0.146. The van der Waals surface area contributed by atoms with Gasteiger partial charge in [0.25, 0.3) is 0 Å². The number of hydrogen-bond donors (Lipinski definition) is 0. The van der Waals surface area contributed by atoms with Gasteiger partial charge in [0, 0.05) is 24.4 Å². The Bertz CT molecular complexity index is 782. The molecule has 36 heavy (non-hydrogen) atoms. The molecular weight excluding hydrogens is 454 g/mol. The van der Waals surface area contributed by atoms with Crippen LogP contribution in [0.4, 0.5) is 8.78 Å². The average Bonchev–Trinajstić information content (AvgIpc) is 2.89. The van der Waals surface area contributed by atoms with Crippen molar-refractivity contribution < 1.29 is 13.5 Å². The van der Waals surface area contributed by atoms with Crippen molar-refractivity contribution in [3.63, 3.8) is 0 Å². The maximum atomic E-state index is 14.1. The third-order valence-corrected chi connectivity index (χ3v) is 6.70. The second-order valence-corrected chi connectivity index (χ2v) is 10.1. The topological polar surface area (TPSA) is 35.0 Å². The Hall–Kier alpha value is -2.04. The molecule has 202 valence electrons. The first-order valence-corrected chi connectivity index (χ1v) is 14.4. The van der Waals surface area contributed by atoms with Gasteiger partial charge in [0.2, 0.25) is 0 Å². The number of benzene rings is 1. The monoisotopic (exact) mass is 502 g/mol. The largest absolute Gasteiger partial charge is 0.491 e. The Balaban J connectivity index is 1.63. The van der Waals surface area contributed by atoms with Gasteiger partial charge in [-0.2, -0.15) is 0 Å². The Labute approximate surface area is 218 Å². The Morgan fingerprint density at radius 2 is 1.25 bits per heavy atom. The molecule has 0 aliphatic carbocycles. The Morgan fingerprint density at radius 1 is 0.694 bits per heavy atom. The van der Waals surface area contributed by atoms with Crippen LogP contribution in [-0.2, 0) is 6.42 Å². The third kappa shape index (κ3) is 13.3. The zero-order chi connectivity index (χ0) is 25.8. The minimum absolute atomic E-state index is 0.0961. The molecule has 0 spiro atoms. The molecule has 5 heteroatoms. The van der Waals surface area contributed by atoms with Crippen molar-refractivity contribution in [3.05, 3.63) is 42.2 Å². The van der Waals surface area contributed by atoms with Crippen LogP contribution in [0.3, 0.4) is 0 Å². The van der Waals surface area contributed by atoms with Gasteiger partial charge < -0.3 is 4.74 Å². The van der Waals surface area contributed by atoms with E-state index >= 15 is 0 Å². The first-order valence-electron chi connectivity index (χ1n) is 14.4. The van der Waals surface area contributed by atoms with Crippen LogP contribution in [0, 0.1) is 0 Å². The number of nitrogens with zero attached hydrogens (tertiary/aromatic N) is 2. The lowest BCUT2D eigenvalue weighted by Crippen LogP contribution is -2.18. The van der Waals surface area contributed by atoms with Crippen LogP contribution < -0.4 is 4.74 Å². The molecule has 0 amide bonds. The quantitative estimate of drug-likeness (QED) is 0.159. The summed E-state index contributed by atoms with van der Waals surface area (Å²) in [5.41, 5.74) is 2.07. The highest BCUT2D eigenvalue weighted by Gasteiger charge is 2.16. The van der Waals surface area contributed by atoms with Gasteiger partial charge in [-0.15, -0.1) is 0 Å². The second-order valence-electron chi connectivity index (χ2n) is 10.1. The highest BCUT2D eigenvalue weighted by molar-refractivity contribution is 5.55. The fourth-order valence-electron chi connectivity index (χ4n) is 4.42. The smallest absolute Gasteiger partial charge is 0.159 e. The summed E-state index contributed by atoms with van der Waals surface area (Å²) < 4.78 is 33.4. The van der Waals surface area contributed by atoms with E-state index in [1.165, 1.54) is 69.8 Å². The molecule has 1 heterocycles. The van der Waals surface area contributed by atoms with Crippen LogP contribution >= 0.6 is 0 Å². The summed E-state index contributed by atoms with van der Waals surface area (Å²) in [6.07, 6.45) is 19.0. The zero-order valence-electron chi connectivity index (χ0n) is 22.7. The number of halogens is 2. The average molecular weight is 503 g/mol. The molecule has 0 saturated carbocycles. The van der Waals surface area contributed by atoms with Crippen LogP contribution in [0.5, 0.6) is 5.75 Å². The summed E-state index contributed by atoms with van der Waals surface area (Å²) in [7, 11) is 0. The number of unbranched alkanes of at least 4 members (excludes halogenated alkanes) is 11. The van der Waals surface area contributed by atoms with E-state index in [9.17, 15) is 8.78 Å². The Kier molecular flexibility index (Phi) is 16.0. The molecule has 3 nitrogen and oxygen atoms in total. The van der Waals surface area contributed by atoms with E-state index in [2.05, 4.69) is 23.8 Å².